The predicted molar refractivity (Wildman–Crippen MR) is 61.6 cm³/mol. The minimum absolute atomic E-state index is 0.276. The number of amides is 1. The van der Waals surface area contributed by atoms with Crippen LogP contribution in [0.4, 0.5) is 0 Å². The summed E-state index contributed by atoms with van der Waals surface area (Å²) >= 11 is 0. The highest BCUT2D eigenvalue weighted by molar-refractivity contribution is 5.84. The molecule has 0 aliphatic carbocycles. The second-order valence-electron chi connectivity index (χ2n) is 5.40. The fourth-order valence-corrected chi connectivity index (χ4v) is 2.16. The summed E-state index contributed by atoms with van der Waals surface area (Å²) in [7, 11) is 0. The number of quaternary nitrogens is 1. The Labute approximate surface area is 106 Å². The van der Waals surface area contributed by atoms with Gasteiger partial charge in [-0.05, 0) is 13.8 Å². The van der Waals surface area contributed by atoms with Crippen molar-refractivity contribution in [2.75, 3.05) is 26.2 Å². The molecule has 0 bridgehead atoms. The first kappa shape index (κ1) is 14.6. The van der Waals surface area contributed by atoms with E-state index in [-0.39, 0.29) is 11.7 Å². The van der Waals surface area contributed by atoms with E-state index in [0.717, 1.165) is 13.1 Å². The molecular weight excluding hydrogens is 236 g/mol. The van der Waals surface area contributed by atoms with Gasteiger partial charge in [-0.3, -0.25) is 9.59 Å². The first-order chi connectivity index (χ1) is 8.31. The van der Waals surface area contributed by atoms with Crippen molar-refractivity contribution in [1.82, 2.24) is 5.32 Å². The zero-order valence-corrected chi connectivity index (χ0v) is 10.9. The van der Waals surface area contributed by atoms with Gasteiger partial charge < -0.3 is 20.1 Å². The van der Waals surface area contributed by atoms with E-state index in [9.17, 15) is 19.5 Å². The van der Waals surface area contributed by atoms with Gasteiger partial charge in [0, 0.05) is 0 Å². The number of piperidine rings is 1. The van der Waals surface area contributed by atoms with E-state index < -0.39 is 17.9 Å². The van der Waals surface area contributed by atoms with Crippen LogP contribution in [0.15, 0.2) is 0 Å². The molecule has 0 unspecified atom stereocenters. The van der Waals surface area contributed by atoms with Gasteiger partial charge in [0.25, 0.3) is 0 Å². The second kappa shape index (κ2) is 5.95. The normalized spacial score (nSPS) is 17.6. The van der Waals surface area contributed by atoms with Crippen molar-refractivity contribution in [3.63, 3.8) is 0 Å². The smallest absolute Gasteiger partial charge is 0.231 e. The number of Topliss-reactive ketones (excluding diaryl/α,β-unsaturated/α-hetero) is 1. The van der Waals surface area contributed by atoms with Gasteiger partial charge in [0.15, 0.2) is 0 Å². The molecule has 2 N–H and O–H groups in total. The summed E-state index contributed by atoms with van der Waals surface area (Å²) in [5, 5.41) is 12.6. The first-order valence-electron chi connectivity index (χ1n) is 6.14. The highest BCUT2D eigenvalue weighted by Crippen LogP contribution is 2.12. The number of carboxylic acids is 1. The van der Waals surface area contributed by atoms with Gasteiger partial charge >= 0.3 is 0 Å². The molecule has 1 fully saturated rings. The third-order valence-corrected chi connectivity index (χ3v) is 3.21. The average Bonchev–Trinajstić information content (AvgIpc) is 2.28. The van der Waals surface area contributed by atoms with E-state index in [0.29, 0.717) is 19.4 Å². The van der Waals surface area contributed by atoms with Crippen molar-refractivity contribution in [3.8, 4) is 0 Å². The van der Waals surface area contributed by atoms with Crippen molar-refractivity contribution in [2.24, 2.45) is 5.41 Å². The molecule has 1 aliphatic heterocycles. The Hall–Kier alpha value is -1.43. The van der Waals surface area contributed by atoms with Crippen molar-refractivity contribution in [3.05, 3.63) is 0 Å². The van der Waals surface area contributed by atoms with Crippen LogP contribution < -0.4 is 15.3 Å². The van der Waals surface area contributed by atoms with Crippen LogP contribution in [0.25, 0.3) is 0 Å². The maximum atomic E-state index is 11.8. The van der Waals surface area contributed by atoms with Crippen LogP contribution in [0.3, 0.4) is 0 Å². The molecule has 0 aromatic rings. The van der Waals surface area contributed by atoms with Gasteiger partial charge in [-0.1, -0.05) is 0 Å². The summed E-state index contributed by atoms with van der Waals surface area (Å²) in [6.45, 7) is 5.18. The van der Waals surface area contributed by atoms with Gasteiger partial charge in [-0.25, -0.2) is 0 Å². The number of rotatable bonds is 5. The Bertz CT molecular complexity index is 342. The summed E-state index contributed by atoms with van der Waals surface area (Å²) < 4.78 is 0. The van der Waals surface area contributed by atoms with Crippen molar-refractivity contribution >= 4 is 17.7 Å². The molecular formula is C12H20N2O4. The molecule has 1 amide bonds. The summed E-state index contributed by atoms with van der Waals surface area (Å²) in [5.74, 6) is -1.32. The highest BCUT2D eigenvalue weighted by Gasteiger charge is 2.33. The van der Waals surface area contributed by atoms with Crippen LogP contribution in [0.1, 0.15) is 26.7 Å². The maximum absolute atomic E-state index is 11.8. The Morgan fingerprint density at radius 2 is 1.89 bits per heavy atom. The lowest BCUT2D eigenvalue weighted by Crippen LogP contribution is -3.14. The molecule has 1 heterocycles. The number of hydrogen-bond acceptors (Lipinski definition) is 4. The molecule has 0 saturated carbocycles. The lowest BCUT2D eigenvalue weighted by Gasteiger charge is -2.31. The molecule has 1 rings (SSSR count). The molecule has 0 spiro atoms. The topological polar surface area (TPSA) is 90.7 Å². The van der Waals surface area contributed by atoms with Crippen molar-refractivity contribution in [1.29, 1.82) is 0 Å². The number of carbonyl (C=O) groups is 3. The van der Waals surface area contributed by atoms with E-state index in [2.05, 4.69) is 5.32 Å². The Morgan fingerprint density at radius 1 is 1.33 bits per heavy atom. The third kappa shape index (κ3) is 4.44. The van der Waals surface area contributed by atoms with Crippen molar-refractivity contribution < 1.29 is 24.4 Å². The molecule has 6 nitrogen and oxygen atoms in total. The van der Waals surface area contributed by atoms with Crippen LogP contribution in [0.5, 0.6) is 0 Å². The molecule has 1 aliphatic rings. The summed E-state index contributed by atoms with van der Waals surface area (Å²) in [6.07, 6.45) is 1.12. The Kier molecular flexibility index (Phi) is 4.84. The number of carboxylic acid groups (broad SMARTS) is 1. The van der Waals surface area contributed by atoms with Crippen LogP contribution in [0.2, 0.25) is 0 Å². The zero-order chi connectivity index (χ0) is 13.8. The van der Waals surface area contributed by atoms with Crippen LogP contribution in [-0.4, -0.2) is 43.8 Å². The van der Waals surface area contributed by atoms with Gasteiger partial charge in [0.1, 0.15) is 5.78 Å². The summed E-state index contributed by atoms with van der Waals surface area (Å²) in [6, 6.07) is 0. The van der Waals surface area contributed by atoms with E-state index in [1.165, 1.54) is 4.90 Å². The average molecular weight is 256 g/mol. The molecule has 0 radical (unpaired) electrons. The lowest BCUT2D eigenvalue weighted by molar-refractivity contribution is -0.906. The Balaban J connectivity index is 2.45. The zero-order valence-electron chi connectivity index (χ0n) is 10.9. The number of ketones is 1. The monoisotopic (exact) mass is 256 g/mol. The molecule has 0 aromatic heterocycles. The van der Waals surface area contributed by atoms with Gasteiger partial charge in [-0.2, -0.15) is 0 Å². The fourth-order valence-electron chi connectivity index (χ4n) is 2.16. The molecule has 6 heteroatoms. The van der Waals surface area contributed by atoms with Gasteiger partial charge in [0.05, 0.1) is 50.4 Å². The van der Waals surface area contributed by atoms with Crippen LogP contribution in [-0.2, 0) is 14.4 Å². The number of carbonyl (C=O) groups excluding carboxylic acids is 3. The number of nitrogens with one attached hydrogen (secondary N) is 2. The third-order valence-electron chi connectivity index (χ3n) is 3.21. The number of likely N-dealkylation sites (tertiary alicyclic amines) is 1. The highest BCUT2D eigenvalue weighted by atomic mass is 16.4. The van der Waals surface area contributed by atoms with E-state index in [1.54, 1.807) is 13.8 Å². The largest absolute Gasteiger partial charge is 0.548 e. The fraction of sp³-hybridized carbons (Fsp3) is 0.750. The first-order valence-corrected chi connectivity index (χ1v) is 6.14. The van der Waals surface area contributed by atoms with Gasteiger partial charge in [-0.15, -0.1) is 0 Å². The van der Waals surface area contributed by atoms with E-state index in [4.69, 9.17) is 0 Å². The van der Waals surface area contributed by atoms with Crippen LogP contribution in [0, 0.1) is 5.41 Å². The van der Waals surface area contributed by atoms with Gasteiger partial charge in [0.2, 0.25) is 5.91 Å². The minimum Gasteiger partial charge on any atom is -0.548 e. The summed E-state index contributed by atoms with van der Waals surface area (Å²) in [5.41, 5.74) is -0.648. The minimum atomic E-state index is -1.30. The van der Waals surface area contributed by atoms with E-state index >= 15 is 0 Å². The Morgan fingerprint density at radius 3 is 2.39 bits per heavy atom. The molecule has 1 saturated heterocycles. The molecule has 102 valence electrons. The maximum Gasteiger partial charge on any atom is 0.231 e. The second-order valence-corrected chi connectivity index (χ2v) is 5.40. The molecule has 18 heavy (non-hydrogen) atoms. The van der Waals surface area contributed by atoms with Crippen molar-refractivity contribution in [2.45, 2.75) is 26.7 Å². The quantitative estimate of drug-likeness (QED) is 0.553. The molecule has 0 aromatic carbocycles. The van der Waals surface area contributed by atoms with E-state index in [1.807, 2.05) is 0 Å². The SMILES string of the molecule is CC(C)(C[NH+]1CCC(=O)CC1)C(=O)NCC(=O)[O-]. The lowest BCUT2D eigenvalue weighted by atomic mass is 9.90. The molecule has 0 atom stereocenters. The number of aliphatic carboxylic acids is 1. The van der Waals surface area contributed by atoms with Crippen LogP contribution >= 0.6 is 0 Å². The number of hydrogen-bond donors (Lipinski definition) is 2. The predicted octanol–water partition coefficient (Wildman–Crippen LogP) is -2.87. The standard InChI is InChI=1S/C12H20N2O4/c1-12(2,11(18)13-7-10(16)17)8-14-5-3-9(15)4-6-14/h3-8H2,1-2H3,(H,13,18)(H,16,17). The summed E-state index contributed by atoms with van der Waals surface area (Å²) in [4.78, 5) is 34.4.